The van der Waals surface area contributed by atoms with E-state index >= 15 is 0 Å². The topological polar surface area (TPSA) is 15.3 Å². The van der Waals surface area contributed by atoms with Crippen LogP contribution in [0.4, 0.5) is 10.1 Å². The Morgan fingerprint density at radius 2 is 2.17 bits per heavy atom. The number of rotatable bonds is 2. The first-order chi connectivity index (χ1) is 8.72. The summed E-state index contributed by atoms with van der Waals surface area (Å²) >= 11 is 0. The lowest BCUT2D eigenvalue weighted by atomic mass is 9.97. The van der Waals surface area contributed by atoms with Gasteiger partial charge in [-0.25, -0.2) is 4.39 Å². The van der Waals surface area contributed by atoms with Gasteiger partial charge >= 0.3 is 0 Å². The van der Waals surface area contributed by atoms with Gasteiger partial charge in [-0.15, -0.1) is 0 Å². The second-order valence-corrected chi connectivity index (χ2v) is 5.66. The van der Waals surface area contributed by atoms with E-state index in [1.807, 2.05) is 12.1 Å². The predicted octanol–water partition coefficient (Wildman–Crippen LogP) is 3.17. The number of benzene rings is 1. The number of halogens is 1. The first-order valence-electron chi connectivity index (χ1n) is 6.99. The molecule has 1 aromatic rings. The lowest BCUT2D eigenvalue weighted by Crippen LogP contribution is -2.42. The number of aryl methyl sites for hydroxylation is 1. The van der Waals surface area contributed by atoms with Crippen LogP contribution < -0.4 is 5.32 Å². The zero-order valence-electron chi connectivity index (χ0n) is 11.0. The number of piperidine rings is 1. The molecule has 98 valence electrons. The Hall–Kier alpha value is -1.09. The molecule has 0 aliphatic carbocycles. The highest BCUT2D eigenvalue weighted by atomic mass is 19.1. The Kier molecular flexibility index (Phi) is 3.25. The fourth-order valence-electron chi connectivity index (χ4n) is 3.27. The van der Waals surface area contributed by atoms with Crippen molar-refractivity contribution >= 4 is 5.69 Å². The van der Waals surface area contributed by atoms with Gasteiger partial charge < -0.3 is 10.2 Å². The van der Waals surface area contributed by atoms with Gasteiger partial charge in [-0.2, -0.15) is 0 Å². The normalized spacial score (nSPS) is 28.1. The molecule has 0 radical (unpaired) electrons. The summed E-state index contributed by atoms with van der Waals surface area (Å²) in [7, 11) is 0. The summed E-state index contributed by atoms with van der Waals surface area (Å²) in [6.07, 6.45) is 5.05. The van der Waals surface area contributed by atoms with Crippen LogP contribution in [0, 0.1) is 12.7 Å². The highest BCUT2D eigenvalue weighted by molar-refractivity contribution is 5.46. The molecule has 2 aliphatic heterocycles. The van der Waals surface area contributed by atoms with E-state index in [0.717, 1.165) is 11.7 Å². The number of nitrogens with one attached hydrogen (secondary N) is 1. The zero-order valence-corrected chi connectivity index (χ0v) is 11.0. The number of hydrogen-bond donors (Lipinski definition) is 1. The Bertz CT molecular complexity index is 433. The van der Waals surface area contributed by atoms with Crippen molar-refractivity contribution in [1.82, 2.24) is 4.90 Å². The molecule has 2 aliphatic rings. The Balaban J connectivity index is 1.64. The average molecular weight is 248 g/mol. The lowest BCUT2D eigenvalue weighted by Gasteiger charge is -2.35. The molecule has 2 saturated heterocycles. The average Bonchev–Trinajstić information content (AvgIpc) is 2.81. The third-order valence-electron chi connectivity index (χ3n) is 4.36. The predicted molar refractivity (Wildman–Crippen MR) is 72.4 cm³/mol. The molecule has 18 heavy (non-hydrogen) atoms. The smallest absolute Gasteiger partial charge is 0.128 e. The molecule has 0 bridgehead atoms. The minimum Gasteiger partial charge on any atom is -0.382 e. The van der Waals surface area contributed by atoms with Crippen LogP contribution in [0.5, 0.6) is 0 Å². The fourth-order valence-corrected chi connectivity index (χ4v) is 3.27. The molecular formula is C15H21FN2. The maximum absolute atomic E-state index is 13.5. The van der Waals surface area contributed by atoms with E-state index in [1.165, 1.54) is 38.8 Å². The highest BCUT2D eigenvalue weighted by Crippen LogP contribution is 2.28. The van der Waals surface area contributed by atoms with E-state index in [9.17, 15) is 4.39 Å². The lowest BCUT2D eigenvalue weighted by molar-refractivity contribution is 0.188. The second-order valence-electron chi connectivity index (χ2n) is 5.66. The summed E-state index contributed by atoms with van der Waals surface area (Å²) in [6, 6.07) is 6.72. The first kappa shape index (κ1) is 12.0. The van der Waals surface area contributed by atoms with Gasteiger partial charge in [-0.1, -0.05) is 6.07 Å². The Labute approximate surface area is 108 Å². The molecule has 2 fully saturated rings. The summed E-state index contributed by atoms with van der Waals surface area (Å²) in [4.78, 5) is 2.61. The van der Waals surface area contributed by atoms with Gasteiger partial charge in [-0.05, 0) is 56.8 Å². The minimum absolute atomic E-state index is 0.113. The van der Waals surface area contributed by atoms with E-state index in [1.54, 1.807) is 13.0 Å². The van der Waals surface area contributed by atoms with Crippen LogP contribution in [0.15, 0.2) is 18.2 Å². The third-order valence-corrected chi connectivity index (χ3v) is 4.36. The summed E-state index contributed by atoms with van der Waals surface area (Å²) in [5.41, 5.74) is 1.64. The largest absolute Gasteiger partial charge is 0.382 e. The monoisotopic (exact) mass is 248 g/mol. The quantitative estimate of drug-likeness (QED) is 0.864. The molecule has 3 rings (SSSR count). The third kappa shape index (κ3) is 2.37. The van der Waals surface area contributed by atoms with Gasteiger partial charge in [-0.3, -0.25) is 0 Å². The summed E-state index contributed by atoms with van der Waals surface area (Å²) < 4.78 is 13.5. The van der Waals surface area contributed by atoms with Crippen molar-refractivity contribution in [2.45, 2.75) is 44.7 Å². The minimum atomic E-state index is -0.113. The number of nitrogens with zero attached hydrogens (tertiary/aromatic N) is 1. The Morgan fingerprint density at radius 1 is 1.28 bits per heavy atom. The van der Waals surface area contributed by atoms with Gasteiger partial charge in [0.1, 0.15) is 5.82 Å². The first-order valence-corrected chi connectivity index (χ1v) is 6.99. The van der Waals surface area contributed by atoms with Crippen molar-refractivity contribution in [3.8, 4) is 0 Å². The van der Waals surface area contributed by atoms with E-state index in [-0.39, 0.29) is 5.82 Å². The van der Waals surface area contributed by atoms with Crippen molar-refractivity contribution in [2.24, 2.45) is 0 Å². The summed E-state index contributed by atoms with van der Waals surface area (Å²) in [6.45, 7) is 4.27. The molecule has 2 unspecified atom stereocenters. The molecule has 2 atom stereocenters. The molecule has 2 nitrogen and oxygen atoms in total. The van der Waals surface area contributed by atoms with Crippen LogP contribution in [0.1, 0.15) is 31.2 Å². The molecule has 3 heteroatoms. The zero-order chi connectivity index (χ0) is 12.5. The van der Waals surface area contributed by atoms with Crippen LogP contribution in [-0.2, 0) is 0 Å². The van der Waals surface area contributed by atoms with E-state index in [2.05, 4.69) is 10.2 Å². The van der Waals surface area contributed by atoms with Crippen LogP contribution in [0.2, 0.25) is 0 Å². The summed E-state index contributed by atoms with van der Waals surface area (Å²) in [5, 5.41) is 3.49. The van der Waals surface area contributed by atoms with E-state index in [0.29, 0.717) is 11.6 Å². The van der Waals surface area contributed by atoms with Gasteiger partial charge in [0.2, 0.25) is 0 Å². The van der Waals surface area contributed by atoms with Crippen molar-refractivity contribution < 1.29 is 4.39 Å². The number of hydrogen-bond acceptors (Lipinski definition) is 2. The maximum atomic E-state index is 13.5. The van der Waals surface area contributed by atoms with Crippen LogP contribution in [-0.4, -0.2) is 30.1 Å². The van der Waals surface area contributed by atoms with Crippen LogP contribution in [0.3, 0.4) is 0 Å². The number of fused-ring (bicyclic) bond motifs is 1. The molecule has 0 saturated carbocycles. The van der Waals surface area contributed by atoms with Crippen molar-refractivity contribution in [3.05, 3.63) is 29.6 Å². The van der Waals surface area contributed by atoms with Crippen molar-refractivity contribution in [3.63, 3.8) is 0 Å². The maximum Gasteiger partial charge on any atom is 0.128 e. The van der Waals surface area contributed by atoms with Crippen molar-refractivity contribution in [2.75, 3.05) is 18.4 Å². The van der Waals surface area contributed by atoms with Gasteiger partial charge in [0.25, 0.3) is 0 Å². The molecule has 0 spiro atoms. The molecular weight excluding hydrogens is 227 g/mol. The van der Waals surface area contributed by atoms with Gasteiger partial charge in [0, 0.05) is 24.3 Å². The van der Waals surface area contributed by atoms with E-state index < -0.39 is 0 Å². The molecule has 1 N–H and O–H groups in total. The van der Waals surface area contributed by atoms with Gasteiger partial charge in [0.05, 0.1) is 0 Å². The Morgan fingerprint density at radius 3 is 3.00 bits per heavy atom. The second kappa shape index (κ2) is 4.88. The molecule has 2 heterocycles. The van der Waals surface area contributed by atoms with Gasteiger partial charge in [0.15, 0.2) is 0 Å². The molecule has 0 amide bonds. The summed E-state index contributed by atoms with van der Waals surface area (Å²) in [5.74, 6) is -0.113. The SMILES string of the molecule is Cc1ccc(NC2CCN3CCCC3C2)cc1F. The van der Waals surface area contributed by atoms with Crippen LogP contribution in [0.25, 0.3) is 0 Å². The standard InChI is InChI=1S/C15H21FN2/c1-11-4-5-12(10-15(11)16)17-13-6-8-18-7-2-3-14(18)9-13/h4-5,10,13-14,17H,2-3,6-9H2,1H3. The number of anilines is 1. The fraction of sp³-hybridized carbons (Fsp3) is 0.600. The molecule has 0 aromatic heterocycles. The van der Waals surface area contributed by atoms with Crippen LogP contribution >= 0.6 is 0 Å². The highest BCUT2D eigenvalue weighted by Gasteiger charge is 2.31. The van der Waals surface area contributed by atoms with Crippen molar-refractivity contribution in [1.29, 1.82) is 0 Å². The molecule has 1 aromatic carbocycles. The van der Waals surface area contributed by atoms with E-state index in [4.69, 9.17) is 0 Å².